The van der Waals surface area contributed by atoms with E-state index in [0.717, 1.165) is 17.8 Å². The molecule has 2 heteroatoms. The topological polar surface area (TPSA) is 25.1 Å². The largest absolute Gasteiger partial charge is 0.370 e. The lowest BCUT2D eigenvalue weighted by atomic mass is 9.79. The van der Waals surface area contributed by atoms with Crippen LogP contribution in [0.25, 0.3) is 0 Å². The first kappa shape index (κ1) is 16.3. The number of ether oxygens (including phenoxy) is 2. The van der Waals surface area contributed by atoms with Gasteiger partial charge in [0.1, 0.15) is 0 Å². The van der Waals surface area contributed by atoms with Gasteiger partial charge in [-0.1, -0.05) is 30.3 Å². The quantitative estimate of drug-likeness (QED) is 0.615. The molecule has 1 aromatic carbocycles. The summed E-state index contributed by atoms with van der Waals surface area (Å²) in [7, 11) is 0. The molecule has 5 rings (SSSR count). The molecular weight excluding hydrogens is 308 g/mol. The Bertz CT molecular complexity index is 539. The highest BCUT2D eigenvalue weighted by Crippen LogP contribution is 2.44. The zero-order valence-corrected chi connectivity index (χ0v) is 15.3. The fraction of sp³-hybridized carbons (Fsp3) is 0.739. The van der Waals surface area contributed by atoms with Crippen molar-refractivity contribution >= 4 is 0 Å². The summed E-state index contributed by atoms with van der Waals surface area (Å²) in [5, 5.41) is 0. The smallest absolute Gasteiger partial charge is 0.0844 e. The van der Waals surface area contributed by atoms with Gasteiger partial charge in [0.25, 0.3) is 0 Å². The first-order valence-electron chi connectivity index (χ1n) is 10.7. The summed E-state index contributed by atoms with van der Waals surface area (Å²) in [6.07, 6.45) is 16.1. The monoisotopic (exact) mass is 340 g/mol. The lowest BCUT2D eigenvalue weighted by Gasteiger charge is -2.25. The number of rotatable bonds is 7. The number of hydrogen-bond donors (Lipinski definition) is 0. The van der Waals surface area contributed by atoms with Crippen molar-refractivity contribution in [3.63, 3.8) is 0 Å². The van der Waals surface area contributed by atoms with Crippen LogP contribution >= 0.6 is 0 Å². The second-order valence-electron chi connectivity index (χ2n) is 9.05. The highest BCUT2D eigenvalue weighted by atomic mass is 16.6. The molecule has 0 aromatic heterocycles. The van der Waals surface area contributed by atoms with E-state index in [1.807, 2.05) is 0 Å². The van der Waals surface area contributed by atoms with Crippen molar-refractivity contribution < 1.29 is 9.47 Å². The van der Waals surface area contributed by atoms with E-state index in [0.29, 0.717) is 24.4 Å². The van der Waals surface area contributed by atoms with Crippen LogP contribution in [0.15, 0.2) is 30.3 Å². The Balaban J connectivity index is 1.16. The van der Waals surface area contributed by atoms with Crippen LogP contribution in [0.2, 0.25) is 0 Å². The van der Waals surface area contributed by atoms with Gasteiger partial charge >= 0.3 is 0 Å². The summed E-state index contributed by atoms with van der Waals surface area (Å²) >= 11 is 0. The molecule has 0 spiro atoms. The van der Waals surface area contributed by atoms with Crippen molar-refractivity contribution in [1.82, 2.24) is 0 Å². The molecule has 2 nitrogen and oxygen atoms in total. The predicted molar refractivity (Wildman–Crippen MR) is 99.7 cm³/mol. The molecule has 0 radical (unpaired) electrons. The Hall–Kier alpha value is -0.860. The van der Waals surface area contributed by atoms with Crippen LogP contribution in [-0.4, -0.2) is 24.4 Å². The van der Waals surface area contributed by atoms with Crippen molar-refractivity contribution in [3.05, 3.63) is 35.9 Å². The Morgan fingerprint density at radius 2 is 1.28 bits per heavy atom. The lowest BCUT2D eigenvalue weighted by Crippen LogP contribution is -2.16. The van der Waals surface area contributed by atoms with Gasteiger partial charge in [0.15, 0.2) is 0 Å². The van der Waals surface area contributed by atoms with Crippen molar-refractivity contribution in [2.75, 3.05) is 0 Å². The van der Waals surface area contributed by atoms with Gasteiger partial charge < -0.3 is 9.47 Å². The van der Waals surface area contributed by atoms with E-state index in [2.05, 4.69) is 30.3 Å². The summed E-state index contributed by atoms with van der Waals surface area (Å²) in [6.45, 7) is 0. The Kier molecular flexibility index (Phi) is 4.60. The second-order valence-corrected chi connectivity index (χ2v) is 9.05. The minimum absolute atomic E-state index is 0.627. The van der Waals surface area contributed by atoms with Crippen molar-refractivity contribution in [1.29, 1.82) is 0 Å². The molecule has 6 atom stereocenters. The van der Waals surface area contributed by atoms with Gasteiger partial charge in [0.2, 0.25) is 0 Å². The first-order valence-corrected chi connectivity index (χ1v) is 10.7. The fourth-order valence-corrected chi connectivity index (χ4v) is 5.57. The van der Waals surface area contributed by atoms with Gasteiger partial charge in [-0.25, -0.2) is 0 Å². The zero-order chi connectivity index (χ0) is 16.6. The SMILES string of the molecule is c1ccc(C(CCC2CCC3OC3C2)CCC2CCC3OC3C2)cc1. The molecule has 1 aromatic rings. The normalized spacial score (nSPS) is 40.0. The summed E-state index contributed by atoms with van der Waals surface area (Å²) in [5.41, 5.74) is 1.57. The maximum Gasteiger partial charge on any atom is 0.0844 e. The molecule has 2 saturated heterocycles. The highest BCUT2D eigenvalue weighted by molar-refractivity contribution is 5.19. The van der Waals surface area contributed by atoms with Crippen LogP contribution in [0.5, 0.6) is 0 Å². The molecule has 2 aliphatic heterocycles. The van der Waals surface area contributed by atoms with E-state index in [4.69, 9.17) is 9.47 Å². The molecule has 4 fully saturated rings. The molecule has 6 unspecified atom stereocenters. The van der Waals surface area contributed by atoms with E-state index >= 15 is 0 Å². The Morgan fingerprint density at radius 1 is 0.720 bits per heavy atom. The first-order chi connectivity index (χ1) is 12.3. The standard InChI is InChI=1S/C23H32O2/c1-2-4-18(5-3-1)19(10-6-16-8-12-20-22(14-16)24-20)11-7-17-9-13-21-23(15-17)25-21/h1-5,16-17,19-23H,6-15H2. The third-order valence-electron chi connectivity index (χ3n) is 7.34. The van der Waals surface area contributed by atoms with Gasteiger partial charge in [-0.05, 0) is 87.5 Å². The van der Waals surface area contributed by atoms with E-state index in [9.17, 15) is 0 Å². The van der Waals surface area contributed by atoms with E-state index in [1.165, 1.54) is 64.2 Å². The maximum absolute atomic E-state index is 5.73. The molecule has 2 saturated carbocycles. The van der Waals surface area contributed by atoms with Crippen LogP contribution in [0.3, 0.4) is 0 Å². The minimum atomic E-state index is 0.627. The molecular formula is C23H32O2. The van der Waals surface area contributed by atoms with Crippen molar-refractivity contribution in [2.45, 2.75) is 94.5 Å². The highest BCUT2D eigenvalue weighted by Gasteiger charge is 2.44. The van der Waals surface area contributed by atoms with E-state index in [1.54, 1.807) is 5.56 Å². The molecule has 0 N–H and O–H groups in total. The summed E-state index contributed by atoms with van der Waals surface area (Å²) < 4.78 is 11.5. The molecule has 25 heavy (non-hydrogen) atoms. The number of fused-ring (bicyclic) bond motifs is 2. The van der Waals surface area contributed by atoms with Crippen LogP contribution in [0, 0.1) is 11.8 Å². The minimum Gasteiger partial charge on any atom is -0.370 e. The van der Waals surface area contributed by atoms with Gasteiger partial charge in [-0.15, -0.1) is 0 Å². The van der Waals surface area contributed by atoms with Crippen molar-refractivity contribution in [3.8, 4) is 0 Å². The molecule has 136 valence electrons. The molecule has 0 amide bonds. The summed E-state index contributed by atoms with van der Waals surface area (Å²) in [5.74, 6) is 2.56. The maximum atomic E-state index is 5.73. The van der Waals surface area contributed by atoms with E-state index < -0.39 is 0 Å². The summed E-state index contributed by atoms with van der Waals surface area (Å²) in [6, 6.07) is 11.3. The molecule has 4 aliphatic rings. The second kappa shape index (κ2) is 7.04. The summed E-state index contributed by atoms with van der Waals surface area (Å²) in [4.78, 5) is 0. The van der Waals surface area contributed by atoms with Crippen molar-refractivity contribution in [2.24, 2.45) is 11.8 Å². The van der Waals surface area contributed by atoms with E-state index in [-0.39, 0.29) is 0 Å². The van der Waals surface area contributed by atoms with Gasteiger partial charge in [-0.3, -0.25) is 0 Å². The predicted octanol–water partition coefficient (Wildman–Crippen LogP) is 5.47. The molecule has 2 heterocycles. The third-order valence-corrected chi connectivity index (χ3v) is 7.34. The Labute approximate surface area is 152 Å². The fourth-order valence-electron chi connectivity index (χ4n) is 5.57. The average Bonchev–Trinajstić information content (AvgIpc) is 3.56. The van der Waals surface area contributed by atoms with Crippen LogP contribution in [0.1, 0.15) is 75.7 Å². The molecule has 0 bridgehead atoms. The van der Waals surface area contributed by atoms with Gasteiger partial charge in [-0.2, -0.15) is 0 Å². The number of benzene rings is 1. The van der Waals surface area contributed by atoms with Gasteiger partial charge in [0, 0.05) is 0 Å². The zero-order valence-electron chi connectivity index (χ0n) is 15.3. The number of epoxide rings is 2. The van der Waals surface area contributed by atoms with Gasteiger partial charge in [0.05, 0.1) is 24.4 Å². The van der Waals surface area contributed by atoms with Crippen LogP contribution < -0.4 is 0 Å². The Morgan fingerprint density at radius 3 is 1.80 bits per heavy atom. The number of hydrogen-bond acceptors (Lipinski definition) is 2. The third kappa shape index (κ3) is 3.95. The lowest BCUT2D eigenvalue weighted by molar-refractivity contribution is 0.315. The van der Waals surface area contributed by atoms with Crippen LogP contribution in [-0.2, 0) is 9.47 Å². The average molecular weight is 341 g/mol. The molecule has 2 aliphatic carbocycles. The van der Waals surface area contributed by atoms with Crippen LogP contribution in [0.4, 0.5) is 0 Å².